The SMILES string of the molecule is Nc1ncnn2c1c(-c1cc3c(s1)C(C(F)(F)F)CC=C3)nc2[C@H]1CC[C@H](C(=O)O)CC1. The van der Waals surface area contributed by atoms with E-state index in [1.807, 2.05) is 0 Å². The Balaban J connectivity index is 1.59. The summed E-state index contributed by atoms with van der Waals surface area (Å²) in [6.45, 7) is 0. The Kier molecular flexibility index (Phi) is 4.95. The summed E-state index contributed by atoms with van der Waals surface area (Å²) in [5.74, 6) is -1.87. The molecule has 0 aromatic carbocycles. The van der Waals surface area contributed by atoms with E-state index in [9.17, 15) is 23.1 Å². The molecule has 0 amide bonds. The summed E-state index contributed by atoms with van der Waals surface area (Å²) in [6.07, 6.45) is 2.53. The lowest BCUT2D eigenvalue weighted by molar-refractivity contribution is -0.149. The van der Waals surface area contributed by atoms with E-state index in [2.05, 4.69) is 10.1 Å². The number of allylic oxidation sites excluding steroid dienone is 1. The van der Waals surface area contributed by atoms with Crippen LogP contribution in [0.5, 0.6) is 0 Å². The third-order valence-corrected chi connectivity index (χ3v) is 7.60. The summed E-state index contributed by atoms with van der Waals surface area (Å²) in [6, 6.07) is 1.72. The average molecular weight is 463 g/mol. The normalized spacial score (nSPS) is 23.4. The number of carboxylic acid groups (broad SMARTS) is 1. The number of nitrogens with zero attached hydrogens (tertiary/aromatic N) is 4. The number of fused-ring (bicyclic) bond motifs is 2. The molecule has 3 N–H and O–H groups in total. The molecule has 1 atom stereocenters. The Morgan fingerprint density at radius 2 is 2.00 bits per heavy atom. The van der Waals surface area contributed by atoms with Crippen molar-refractivity contribution in [2.75, 3.05) is 5.73 Å². The average Bonchev–Trinajstić information content (AvgIpc) is 3.35. The fourth-order valence-electron chi connectivity index (χ4n) is 4.67. The van der Waals surface area contributed by atoms with E-state index in [0.717, 1.165) is 11.3 Å². The van der Waals surface area contributed by atoms with Crippen LogP contribution in [-0.4, -0.2) is 36.8 Å². The maximum atomic E-state index is 13.6. The van der Waals surface area contributed by atoms with Crippen molar-refractivity contribution >= 4 is 34.7 Å². The minimum absolute atomic E-state index is 0.0152. The number of aromatic nitrogens is 4. The van der Waals surface area contributed by atoms with Crippen LogP contribution < -0.4 is 5.73 Å². The van der Waals surface area contributed by atoms with Gasteiger partial charge in [-0.2, -0.15) is 18.3 Å². The summed E-state index contributed by atoms with van der Waals surface area (Å²) < 4.78 is 42.3. The fourth-order valence-corrected chi connectivity index (χ4v) is 5.95. The molecular weight excluding hydrogens is 443 g/mol. The molecule has 3 aromatic heterocycles. The van der Waals surface area contributed by atoms with Gasteiger partial charge in [0.25, 0.3) is 0 Å². The molecule has 1 saturated carbocycles. The number of carbonyl (C=O) groups is 1. The number of alkyl halides is 3. The number of nitrogens with two attached hydrogens (primary N) is 1. The van der Waals surface area contributed by atoms with Gasteiger partial charge < -0.3 is 10.8 Å². The number of rotatable bonds is 3. The van der Waals surface area contributed by atoms with E-state index < -0.39 is 18.1 Å². The first kappa shape index (κ1) is 20.9. The summed E-state index contributed by atoms with van der Waals surface area (Å²) >= 11 is 1.08. The predicted octanol–water partition coefficient (Wildman–Crippen LogP) is 4.86. The molecule has 2 aliphatic carbocycles. The van der Waals surface area contributed by atoms with Crippen molar-refractivity contribution in [3.63, 3.8) is 0 Å². The molecule has 2 aliphatic rings. The second kappa shape index (κ2) is 7.58. The molecule has 0 aliphatic heterocycles. The lowest BCUT2D eigenvalue weighted by Gasteiger charge is -2.24. The van der Waals surface area contributed by atoms with Gasteiger partial charge in [0.2, 0.25) is 0 Å². The predicted molar refractivity (Wildman–Crippen MR) is 113 cm³/mol. The number of hydrogen-bond acceptors (Lipinski definition) is 6. The van der Waals surface area contributed by atoms with Crippen molar-refractivity contribution in [3.8, 4) is 10.6 Å². The van der Waals surface area contributed by atoms with E-state index in [4.69, 9.17) is 10.7 Å². The second-order valence-corrected chi connectivity index (χ2v) is 9.36. The van der Waals surface area contributed by atoms with Crippen LogP contribution in [0, 0.1) is 5.92 Å². The highest BCUT2D eigenvalue weighted by atomic mass is 32.1. The fraction of sp³-hybridized carbons (Fsp3) is 0.429. The Hall–Kier alpha value is -2.95. The number of aliphatic carboxylic acids is 1. The van der Waals surface area contributed by atoms with Crippen LogP contribution in [0.1, 0.15) is 60.2 Å². The van der Waals surface area contributed by atoms with Crippen molar-refractivity contribution in [1.29, 1.82) is 0 Å². The highest BCUT2D eigenvalue weighted by Gasteiger charge is 2.43. The molecule has 1 unspecified atom stereocenters. The van der Waals surface area contributed by atoms with Gasteiger partial charge in [0, 0.05) is 10.8 Å². The third kappa shape index (κ3) is 3.44. The molecule has 32 heavy (non-hydrogen) atoms. The van der Waals surface area contributed by atoms with Gasteiger partial charge in [0.1, 0.15) is 23.4 Å². The van der Waals surface area contributed by atoms with Crippen LogP contribution in [0.3, 0.4) is 0 Å². The molecule has 3 aromatic rings. The summed E-state index contributed by atoms with van der Waals surface area (Å²) in [4.78, 5) is 21.0. The Morgan fingerprint density at radius 1 is 1.25 bits per heavy atom. The molecule has 168 valence electrons. The summed E-state index contributed by atoms with van der Waals surface area (Å²) in [5, 5.41) is 13.6. The van der Waals surface area contributed by atoms with Crippen LogP contribution >= 0.6 is 11.3 Å². The number of hydrogen-bond donors (Lipinski definition) is 2. The zero-order valence-electron chi connectivity index (χ0n) is 16.8. The van der Waals surface area contributed by atoms with Crippen molar-refractivity contribution in [2.45, 2.75) is 50.1 Å². The zero-order valence-corrected chi connectivity index (χ0v) is 17.7. The number of carboxylic acids is 1. The van der Waals surface area contributed by atoms with Gasteiger partial charge in [-0.05, 0) is 43.7 Å². The monoisotopic (exact) mass is 463 g/mol. The quantitative estimate of drug-likeness (QED) is 0.575. The third-order valence-electron chi connectivity index (χ3n) is 6.33. The van der Waals surface area contributed by atoms with Crippen molar-refractivity contribution in [1.82, 2.24) is 19.6 Å². The van der Waals surface area contributed by atoms with Gasteiger partial charge >= 0.3 is 12.1 Å². The molecule has 0 spiro atoms. The molecule has 3 heterocycles. The van der Waals surface area contributed by atoms with E-state index in [0.29, 0.717) is 53.2 Å². The topological polar surface area (TPSA) is 106 Å². The van der Waals surface area contributed by atoms with E-state index in [1.165, 1.54) is 6.33 Å². The maximum absolute atomic E-state index is 13.6. The highest BCUT2D eigenvalue weighted by molar-refractivity contribution is 7.16. The van der Waals surface area contributed by atoms with E-state index in [1.54, 1.807) is 22.7 Å². The zero-order chi connectivity index (χ0) is 22.6. The number of nitrogen functional groups attached to an aromatic ring is 1. The van der Waals surface area contributed by atoms with Crippen LogP contribution in [0.2, 0.25) is 0 Å². The second-order valence-electron chi connectivity index (χ2n) is 8.27. The largest absolute Gasteiger partial charge is 0.481 e. The summed E-state index contributed by atoms with van der Waals surface area (Å²) in [7, 11) is 0. The number of thiophene rings is 1. The van der Waals surface area contributed by atoms with Crippen molar-refractivity contribution < 1.29 is 23.1 Å². The molecule has 11 heteroatoms. The van der Waals surface area contributed by atoms with Crippen LogP contribution in [0.4, 0.5) is 19.0 Å². The van der Waals surface area contributed by atoms with Gasteiger partial charge in [-0.15, -0.1) is 11.3 Å². The minimum atomic E-state index is -4.33. The van der Waals surface area contributed by atoms with Gasteiger partial charge in [0.05, 0.1) is 16.7 Å². The minimum Gasteiger partial charge on any atom is -0.481 e. The molecule has 1 fully saturated rings. The number of halogens is 3. The van der Waals surface area contributed by atoms with Crippen molar-refractivity contribution in [3.05, 3.63) is 34.7 Å². The molecule has 0 saturated heterocycles. The van der Waals surface area contributed by atoms with E-state index >= 15 is 0 Å². The summed E-state index contributed by atoms with van der Waals surface area (Å²) in [5.41, 5.74) is 7.61. The molecule has 5 rings (SSSR count). The highest BCUT2D eigenvalue weighted by Crippen LogP contribution is 2.48. The van der Waals surface area contributed by atoms with E-state index in [-0.39, 0.29) is 29.0 Å². The molecule has 0 radical (unpaired) electrons. The van der Waals surface area contributed by atoms with Gasteiger partial charge in [-0.3, -0.25) is 4.79 Å². The number of anilines is 1. The molecule has 0 bridgehead atoms. The number of imidazole rings is 1. The van der Waals surface area contributed by atoms with Crippen LogP contribution in [0.25, 0.3) is 22.2 Å². The molecule has 7 nitrogen and oxygen atoms in total. The molecular formula is C21H20F3N5O2S. The maximum Gasteiger partial charge on any atom is 0.396 e. The lowest BCUT2D eigenvalue weighted by Crippen LogP contribution is -2.21. The Morgan fingerprint density at radius 3 is 2.69 bits per heavy atom. The van der Waals surface area contributed by atoms with Gasteiger partial charge in [-0.25, -0.2) is 14.5 Å². The van der Waals surface area contributed by atoms with Crippen molar-refractivity contribution in [2.24, 2.45) is 5.92 Å². The Bertz CT molecular complexity index is 1220. The van der Waals surface area contributed by atoms with Gasteiger partial charge in [0.15, 0.2) is 5.82 Å². The first-order valence-corrected chi connectivity index (χ1v) is 11.1. The smallest absolute Gasteiger partial charge is 0.396 e. The Labute approximate surface area is 184 Å². The van der Waals surface area contributed by atoms with Crippen LogP contribution in [-0.2, 0) is 4.79 Å². The van der Waals surface area contributed by atoms with Gasteiger partial charge in [-0.1, -0.05) is 12.2 Å². The first-order chi connectivity index (χ1) is 15.2. The first-order valence-electron chi connectivity index (χ1n) is 10.3. The lowest BCUT2D eigenvalue weighted by atomic mass is 9.82. The van der Waals surface area contributed by atoms with Crippen LogP contribution in [0.15, 0.2) is 18.5 Å². The standard InChI is InChI=1S/C21H20F3N5O2S/c22-21(23,24)13-3-1-2-12-8-14(32-17(12)13)15-16-18(25)26-9-27-29(16)19(28-15)10-4-6-11(7-5-10)20(30)31/h1-2,8-11,13H,3-7H2,(H,30,31)(H2,25,26,27)/t10-,11-,13?.